The summed E-state index contributed by atoms with van der Waals surface area (Å²) >= 11 is 3.18. The van der Waals surface area contributed by atoms with Crippen molar-refractivity contribution >= 4 is 62.4 Å². The van der Waals surface area contributed by atoms with Crippen LogP contribution < -0.4 is 4.90 Å². The summed E-state index contributed by atoms with van der Waals surface area (Å²) in [5.74, 6) is -0.0352. The van der Waals surface area contributed by atoms with Crippen LogP contribution in [0.3, 0.4) is 0 Å². The fourth-order valence-electron chi connectivity index (χ4n) is 2.42. The fourth-order valence-corrected chi connectivity index (χ4v) is 4.11. The van der Waals surface area contributed by atoms with E-state index in [-0.39, 0.29) is 18.3 Å². The number of halogens is 1. The van der Waals surface area contributed by atoms with Crippen molar-refractivity contribution in [2.24, 2.45) is 0 Å². The molecular weight excluding hydrogens is 386 g/mol. The van der Waals surface area contributed by atoms with Gasteiger partial charge < -0.3 is 4.90 Å². The molecule has 0 bridgehead atoms. The molecule has 4 nitrogen and oxygen atoms in total. The molecule has 3 aromatic rings. The first-order chi connectivity index (χ1) is 12.0. The summed E-state index contributed by atoms with van der Waals surface area (Å²) in [6.07, 6.45) is 3.51. The highest BCUT2D eigenvalue weighted by atomic mass is 35.5. The lowest BCUT2D eigenvalue weighted by atomic mass is 10.2. The Morgan fingerprint density at radius 1 is 1.19 bits per heavy atom. The van der Waals surface area contributed by atoms with Crippen LogP contribution in [0.2, 0.25) is 0 Å². The molecule has 138 valence electrons. The van der Waals surface area contributed by atoms with Crippen molar-refractivity contribution in [3.05, 3.63) is 52.2 Å². The number of benzene rings is 1. The first-order valence-corrected chi connectivity index (χ1v) is 9.78. The zero-order valence-corrected chi connectivity index (χ0v) is 17.5. The summed E-state index contributed by atoms with van der Waals surface area (Å²) in [4.78, 5) is 22.4. The first kappa shape index (κ1) is 20.6. The number of carbonyl (C=O) groups excluding carboxylic acids is 1. The van der Waals surface area contributed by atoms with Gasteiger partial charge in [-0.25, -0.2) is 4.98 Å². The molecule has 0 unspecified atom stereocenters. The van der Waals surface area contributed by atoms with Crippen LogP contribution in [0.25, 0.3) is 16.3 Å². The van der Waals surface area contributed by atoms with Gasteiger partial charge >= 0.3 is 0 Å². The van der Waals surface area contributed by atoms with E-state index in [1.807, 2.05) is 43.8 Å². The number of hydrogen-bond acceptors (Lipinski definition) is 5. The molecule has 0 aliphatic carbocycles. The van der Waals surface area contributed by atoms with Gasteiger partial charge in [-0.15, -0.1) is 23.7 Å². The second kappa shape index (κ2) is 9.28. The Balaban J connectivity index is 0.00000243. The predicted molar refractivity (Wildman–Crippen MR) is 116 cm³/mol. The zero-order valence-electron chi connectivity index (χ0n) is 15.0. The maximum Gasteiger partial charge on any atom is 0.252 e. The number of carbonyl (C=O) groups is 1. The van der Waals surface area contributed by atoms with Crippen LogP contribution in [0, 0.1) is 6.92 Å². The summed E-state index contributed by atoms with van der Waals surface area (Å²) < 4.78 is 1.11. The van der Waals surface area contributed by atoms with Crippen LogP contribution in [0.15, 0.2) is 41.8 Å². The molecule has 0 saturated carbocycles. The number of thiazole rings is 1. The quantitative estimate of drug-likeness (QED) is 0.556. The highest BCUT2D eigenvalue weighted by Gasteiger charge is 2.18. The molecule has 3 rings (SSSR count). The number of fused-ring (bicyclic) bond motifs is 1. The van der Waals surface area contributed by atoms with Crippen LogP contribution in [0.1, 0.15) is 10.4 Å². The van der Waals surface area contributed by atoms with Crippen molar-refractivity contribution in [2.75, 3.05) is 32.1 Å². The minimum absolute atomic E-state index is 0. The summed E-state index contributed by atoms with van der Waals surface area (Å²) in [5.41, 5.74) is 2.11. The molecule has 7 heteroatoms. The summed E-state index contributed by atoms with van der Waals surface area (Å²) in [5, 5.41) is 2.76. The lowest BCUT2D eigenvalue weighted by Gasteiger charge is -2.20. The van der Waals surface area contributed by atoms with Crippen LogP contribution in [0.4, 0.5) is 5.13 Å². The van der Waals surface area contributed by atoms with E-state index in [1.165, 1.54) is 0 Å². The SMILES string of the molecule is Cc1cccc2sc(N(CCN(C)C)C(=O)C=Cc3cccs3)nc12.Cl. The van der Waals surface area contributed by atoms with Crippen molar-refractivity contribution in [3.8, 4) is 0 Å². The predicted octanol–water partition coefficient (Wildman–Crippen LogP) is 4.70. The second-order valence-corrected chi connectivity index (χ2v) is 8.05. The summed E-state index contributed by atoms with van der Waals surface area (Å²) in [6, 6.07) is 10.1. The Morgan fingerprint density at radius 3 is 2.65 bits per heavy atom. The third kappa shape index (κ3) is 4.92. The molecule has 0 saturated heterocycles. The molecule has 0 fully saturated rings. The number of likely N-dealkylation sites (N-methyl/N-ethyl adjacent to an activating group) is 1. The molecule has 0 aliphatic rings. The number of hydrogen-bond donors (Lipinski definition) is 0. The zero-order chi connectivity index (χ0) is 17.8. The van der Waals surface area contributed by atoms with Crippen molar-refractivity contribution in [1.29, 1.82) is 0 Å². The van der Waals surface area contributed by atoms with Crippen molar-refractivity contribution < 1.29 is 4.79 Å². The van der Waals surface area contributed by atoms with Gasteiger partial charge in [-0.3, -0.25) is 9.69 Å². The molecule has 0 radical (unpaired) electrons. The molecule has 1 amide bonds. The topological polar surface area (TPSA) is 36.4 Å². The van der Waals surface area contributed by atoms with Gasteiger partial charge in [-0.1, -0.05) is 29.5 Å². The molecule has 2 aromatic heterocycles. The molecule has 0 spiro atoms. The number of nitrogens with zero attached hydrogens (tertiary/aromatic N) is 3. The van der Waals surface area contributed by atoms with Crippen LogP contribution in [0.5, 0.6) is 0 Å². The highest BCUT2D eigenvalue weighted by Crippen LogP contribution is 2.30. The summed E-state index contributed by atoms with van der Waals surface area (Å²) in [7, 11) is 4.01. The van der Waals surface area contributed by atoms with Gasteiger partial charge in [-0.05, 0) is 50.2 Å². The standard InChI is InChI=1S/C19H21N3OS2.ClH/c1-14-6-4-8-16-18(14)20-19(25-16)22(12-11-21(2)3)17(23)10-9-15-7-5-13-24-15;/h4-10,13H,11-12H2,1-3H3;1H. The Morgan fingerprint density at radius 2 is 2.00 bits per heavy atom. The van der Waals surface area contributed by atoms with E-state index in [9.17, 15) is 4.79 Å². The van der Waals surface area contributed by atoms with E-state index < -0.39 is 0 Å². The average molecular weight is 408 g/mol. The molecular formula is C19H22ClN3OS2. The van der Waals surface area contributed by atoms with Crippen molar-refractivity contribution in [1.82, 2.24) is 9.88 Å². The number of aromatic nitrogens is 1. The highest BCUT2D eigenvalue weighted by molar-refractivity contribution is 7.22. The third-order valence-corrected chi connectivity index (χ3v) is 5.69. The number of aryl methyl sites for hydroxylation is 1. The summed E-state index contributed by atoms with van der Waals surface area (Å²) in [6.45, 7) is 3.45. The lowest BCUT2D eigenvalue weighted by Crippen LogP contribution is -2.35. The molecule has 0 aliphatic heterocycles. The van der Waals surface area contributed by atoms with Gasteiger partial charge in [0.2, 0.25) is 0 Å². The Hall–Kier alpha value is -1.73. The number of anilines is 1. The van der Waals surface area contributed by atoms with Gasteiger partial charge in [0, 0.05) is 24.0 Å². The average Bonchev–Trinajstić information content (AvgIpc) is 3.22. The minimum atomic E-state index is -0.0352. The maximum absolute atomic E-state index is 12.8. The fraction of sp³-hybridized carbons (Fsp3) is 0.263. The molecule has 1 aromatic carbocycles. The second-order valence-electron chi connectivity index (χ2n) is 6.06. The van der Waals surface area contributed by atoms with Crippen LogP contribution in [-0.4, -0.2) is 43.0 Å². The Labute approximate surface area is 168 Å². The van der Waals surface area contributed by atoms with Gasteiger partial charge in [-0.2, -0.15) is 0 Å². The van der Waals surface area contributed by atoms with E-state index in [1.54, 1.807) is 33.6 Å². The number of thiophene rings is 1. The smallest absolute Gasteiger partial charge is 0.252 e. The van der Waals surface area contributed by atoms with E-state index in [0.717, 1.165) is 32.3 Å². The van der Waals surface area contributed by atoms with Gasteiger partial charge in [0.25, 0.3) is 5.91 Å². The van der Waals surface area contributed by atoms with Crippen molar-refractivity contribution in [3.63, 3.8) is 0 Å². The van der Waals surface area contributed by atoms with E-state index in [2.05, 4.69) is 24.0 Å². The van der Waals surface area contributed by atoms with Crippen molar-refractivity contribution in [2.45, 2.75) is 6.92 Å². The third-order valence-electron chi connectivity index (χ3n) is 3.81. The van der Waals surface area contributed by atoms with E-state index in [4.69, 9.17) is 4.98 Å². The molecule has 26 heavy (non-hydrogen) atoms. The first-order valence-electron chi connectivity index (χ1n) is 8.08. The van der Waals surface area contributed by atoms with E-state index >= 15 is 0 Å². The Kier molecular flexibility index (Phi) is 7.34. The normalized spacial score (nSPS) is 11.2. The minimum Gasteiger partial charge on any atom is -0.308 e. The molecule has 2 heterocycles. The number of amides is 1. The number of rotatable bonds is 6. The van der Waals surface area contributed by atoms with Crippen LogP contribution in [-0.2, 0) is 4.79 Å². The van der Waals surface area contributed by atoms with Gasteiger partial charge in [0.05, 0.1) is 10.2 Å². The Bertz CT molecular complexity index is 887. The molecule has 0 N–H and O–H groups in total. The lowest BCUT2D eigenvalue weighted by molar-refractivity contribution is -0.114. The monoisotopic (exact) mass is 407 g/mol. The van der Waals surface area contributed by atoms with Crippen LogP contribution >= 0.6 is 35.1 Å². The largest absolute Gasteiger partial charge is 0.308 e. The maximum atomic E-state index is 12.8. The molecule has 0 atom stereocenters. The van der Waals surface area contributed by atoms with E-state index in [0.29, 0.717) is 6.54 Å². The van der Waals surface area contributed by atoms with Gasteiger partial charge in [0.15, 0.2) is 5.13 Å². The van der Waals surface area contributed by atoms with Gasteiger partial charge in [0.1, 0.15) is 0 Å². The number of para-hydroxylation sites is 1.